The zero-order chi connectivity index (χ0) is 13.1. The number of nitrogens with one attached hydrogen (secondary N) is 1. The van der Waals surface area contributed by atoms with E-state index in [1.54, 1.807) is 11.1 Å². The van der Waals surface area contributed by atoms with Crippen LogP contribution in [0.5, 0.6) is 0 Å². The van der Waals surface area contributed by atoms with E-state index in [2.05, 4.69) is 36.5 Å². The molecule has 0 bridgehead atoms. The third-order valence-electron chi connectivity index (χ3n) is 4.74. The number of hydrogen-bond donors (Lipinski definition) is 1. The summed E-state index contributed by atoms with van der Waals surface area (Å²) in [5.74, 6) is 1.65. The molecule has 1 aliphatic heterocycles. The van der Waals surface area contributed by atoms with Crippen LogP contribution in [0.4, 0.5) is 0 Å². The second-order valence-corrected chi connectivity index (χ2v) is 5.99. The molecule has 2 atom stereocenters. The van der Waals surface area contributed by atoms with Crippen LogP contribution in [0.3, 0.4) is 0 Å². The Morgan fingerprint density at radius 1 is 1.21 bits per heavy atom. The molecule has 1 N–H and O–H groups in total. The summed E-state index contributed by atoms with van der Waals surface area (Å²) in [7, 11) is 0. The number of hydrogen-bond acceptors (Lipinski definition) is 2. The third-order valence-corrected chi connectivity index (χ3v) is 4.74. The van der Waals surface area contributed by atoms with Gasteiger partial charge in [-0.3, -0.25) is 0 Å². The maximum atomic E-state index is 5.48. The molecule has 0 amide bonds. The van der Waals surface area contributed by atoms with E-state index in [1.165, 1.54) is 25.7 Å². The Balaban J connectivity index is 1.71. The summed E-state index contributed by atoms with van der Waals surface area (Å²) in [6.07, 6.45) is 5.12. The SMILES string of the molecule is CCNC1c2ccccc2CC1CC1CCOCC1. The van der Waals surface area contributed by atoms with Gasteiger partial charge in [0.05, 0.1) is 0 Å². The minimum absolute atomic E-state index is 0.573. The summed E-state index contributed by atoms with van der Waals surface area (Å²) in [4.78, 5) is 0. The van der Waals surface area contributed by atoms with Crippen LogP contribution in [-0.4, -0.2) is 19.8 Å². The van der Waals surface area contributed by atoms with Gasteiger partial charge >= 0.3 is 0 Å². The van der Waals surface area contributed by atoms with E-state index in [9.17, 15) is 0 Å². The molecule has 1 saturated heterocycles. The lowest BCUT2D eigenvalue weighted by molar-refractivity contribution is 0.0569. The van der Waals surface area contributed by atoms with Crippen molar-refractivity contribution in [2.24, 2.45) is 11.8 Å². The topological polar surface area (TPSA) is 21.3 Å². The van der Waals surface area contributed by atoms with Gasteiger partial charge in [-0.15, -0.1) is 0 Å². The van der Waals surface area contributed by atoms with Crippen molar-refractivity contribution in [1.82, 2.24) is 5.32 Å². The van der Waals surface area contributed by atoms with Gasteiger partial charge in [0.2, 0.25) is 0 Å². The molecular weight excluding hydrogens is 234 g/mol. The van der Waals surface area contributed by atoms with Crippen LogP contribution in [0.1, 0.15) is 43.4 Å². The Morgan fingerprint density at radius 2 is 2.00 bits per heavy atom. The average Bonchev–Trinajstić information content (AvgIpc) is 2.79. The van der Waals surface area contributed by atoms with E-state index < -0.39 is 0 Å². The maximum absolute atomic E-state index is 5.48. The highest BCUT2D eigenvalue weighted by molar-refractivity contribution is 5.35. The molecule has 0 spiro atoms. The molecule has 0 saturated carbocycles. The molecule has 1 fully saturated rings. The van der Waals surface area contributed by atoms with Crippen molar-refractivity contribution in [3.05, 3.63) is 35.4 Å². The molecule has 104 valence electrons. The first-order valence-electron chi connectivity index (χ1n) is 7.77. The van der Waals surface area contributed by atoms with Gasteiger partial charge in [-0.2, -0.15) is 0 Å². The molecule has 0 aromatic heterocycles. The lowest BCUT2D eigenvalue weighted by Crippen LogP contribution is -2.28. The van der Waals surface area contributed by atoms with E-state index in [1.807, 2.05) is 0 Å². The minimum Gasteiger partial charge on any atom is -0.381 e. The Labute approximate surface area is 116 Å². The second-order valence-electron chi connectivity index (χ2n) is 5.99. The summed E-state index contributed by atoms with van der Waals surface area (Å²) in [5.41, 5.74) is 3.10. The van der Waals surface area contributed by atoms with Crippen molar-refractivity contribution in [2.75, 3.05) is 19.8 Å². The molecule has 1 aromatic carbocycles. The molecule has 1 heterocycles. The average molecular weight is 259 g/mol. The van der Waals surface area contributed by atoms with Crippen molar-refractivity contribution in [3.8, 4) is 0 Å². The zero-order valence-corrected chi connectivity index (χ0v) is 11.9. The summed E-state index contributed by atoms with van der Waals surface area (Å²) in [6, 6.07) is 9.55. The fraction of sp³-hybridized carbons (Fsp3) is 0.647. The lowest BCUT2D eigenvalue weighted by atomic mass is 9.85. The Hall–Kier alpha value is -0.860. The van der Waals surface area contributed by atoms with E-state index in [0.29, 0.717) is 6.04 Å². The molecule has 1 aliphatic carbocycles. The van der Waals surface area contributed by atoms with Gasteiger partial charge in [-0.05, 0) is 55.2 Å². The molecule has 2 nitrogen and oxygen atoms in total. The van der Waals surface area contributed by atoms with Crippen LogP contribution >= 0.6 is 0 Å². The Morgan fingerprint density at radius 3 is 2.79 bits per heavy atom. The molecule has 2 heteroatoms. The molecular formula is C17H25NO. The van der Waals surface area contributed by atoms with Crippen LogP contribution in [0.15, 0.2) is 24.3 Å². The van der Waals surface area contributed by atoms with Crippen molar-refractivity contribution >= 4 is 0 Å². The van der Waals surface area contributed by atoms with E-state index >= 15 is 0 Å². The molecule has 2 aliphatic rings. The van der Waals surface area contributed by atoms with Crippen molar-refractivity contribution in [3.63, 3.8) is 0 Å². The molecule has 2 unspecified atom stereocenters. The monoisotopic (exact) mass is 259 g/mol. The van der Waals surface area contributed by atoms with Gasteiger partial charge in [0.15, 0.2) is 0 Å². The first kappa shape index (κ1) is 13.1. The smallest absolute Gasteiger partial charge is 0.0468 e. The van der Waals surface area contributed by atoms with Gasteiger partial charge in [0.25, 0.3) is 0 Å². The van der Waals surface area contributed by atoms with Crippen LogP contribution in [-0.2, 0) is 11.2 Å². The molecule has 0 radical (unpaired) electrons. The quantitative estimate of drug-likeness (QED) is 0.895. The van der Waals surface area contributed by atoms with Gasteiger partial charge in [0, 0.05) is 19.3 Å². The predicted octanol–water partition coefficient (Wildman–Crippen LogP) is 3.33. The van der Waals surface area contributed by atoms with Crippen molar-refractivity contribution in [2.45, 2.75) is 38.6 Å². The number of rotatable bonds is 4. The normalized spacial score (nSPS) is 27.4. The van der Waals surface area contributed by atoms with Crippen LogP contribution in [0.25, 0.3) is 0 Å². The first-order valence-corrected chi connectivity index (χ1v) is 7.77. The van der Waals surface area contributed by atoms with Crippen molar-refractivity contribution < 1.29 is 4.74 Å². The van der Waals surface area contributed by atoms with E-state index in [4.69, 9.17) is 4.74 Å². The van der Waals surface area contributed by atoms with Crippen molar-refractivity contribution in [1.29, 1.82) is 0 Å². The van der Waals surface area contributed by atoms with Crippen LogP contribution < -0.4 is 5.32 Å². The maximum Gasteiger partial charge on any atom is 0.0468 e. The minimum atomic E-state index is 0.573. The summed E-state index contributed by atoms with van der Waals surface area (Å²) in [5, 5.41) is 3.71. The summed E-state index contributed by atoms with van der Waals surface area (Å²) >= 11 is 0. The Kier molecular flexibility index (Phi) is 4.19. The molecule has 3 rings (SSSR count). The fourth-order valence-electron chi connectivity index (χ4n) is 3.80. The van der Waals surface area contributed by atoms with E-state index in [-0.39, 0.29) is 0 Å². The second kappa shape index (κ2) is 6.06. The number of benzene rings is 1. The van der Waals surface area contributed by atoms with Crippen LogP contribution in [0, 0.1) is 11.8 Å². The standard InChI is InChI=1S/C17H25NO/c1-2-18-17-15(11-13-7-9-19-10-8-13)12-14-5-3-4-6-16(14)17/h3-6,13,15,17-18H,2,7-12H2,1H3. The predicted molar refractivity (Wildman–Crippen MR) is 78.2 cm³/mol. The largest absolute Gasteiger partial charge is 0.381 e. The highest BCUT2D eigenvalue weighted by Gasteiger charge is 2.33. The first-order chi connectivity index (χ1) is 9.38. The lowest BCUT2D eigenvalue weighted by Gasteiger charge is -2.28. The van der Waals surface area contributed by atoms with Gasteiger partial charge in [-0.25, -0.2) is 0 Å². The number of fused-ring (bicyclic) bond motifs is 1. The molecule has 19 heavy (non-hydrogen) atoms. The van der Waals surface area contributed by atoms with Gasteiger partial charge < -0.3 is 10.1 Å². The van der Waals surface area contributed by atoms with Crippen LogP contribution in [0.2, 0.25) is 0 Å². The highest BCUT2D eigenvalue weighted by atomic mass is 16.5. The highest BCUT2D eigenvalue weighted by Crippen LogP contribution is 2.40. The zero-order valence-electron chi connectivity index (χ0n) is 11.9. The fourth-order valence-corrected chi connectivity index (χ4v) is 3.80. The molecule has 1 aromatic rings. The third kappa shape index (κ3) is 2.85. The van der Waals surface area contributed by atoms with Gasteiger partial charge in [-0.1, -0.05) is 31.2 Å². The Bertz CT molecular complexity index is 411. The number of ether oxygens (including phenoxy) is 1. The summed E-state index contributed by atoms with van der Waals surface area (Å²) < 4.78 is 5.48. The summed E-state index contributed by atoms with van der Waals surface area (Å²) in [6.45, 7) is 5.21. The van der Waals surface area contributed by atoms with E-state index in [0.717, 1.165) is 31.6 Å². The van der Waals surface area contributed by atoms with Gasteiger partial charge in [0.1, 0.15) is 0 Å².